The second-order valence-electron chi connectivity index (χ2n) is 6.73. The van der Waals surface area contributed by atoms with Gasteiger partial charge < -0.3 is 4.74 Å². The highest BCUT2D eigenvalue weighted by Gasteiger charge is 2.64. The van der Waals surface area contributed by atoms with Crippen LogP contribution in [0.3, 0.4) is 0 Å². The van der Waals surface area contributed by atoms with Crippen molar-refractivity contribution in [2.45, 2.75) is 69.5 Å². The average Bonchev–Trinajstić information content (AvgIpc) is 2.74. The number of rotatable bonds is 0. The van der Waals surface area contributed by atoms with Gasteiger partial charge in [-0.15, -0.1) is 0 Å². The molecule has 0 aromatic heterocycles. The fourth-order valence-corrected chi connectivity index (χ4v) is 5.45. The Morgan fingerprint density at radius 2 is 1.27 bits per heavy atom. The molecule has 5 fully saturated rings. The van der Waals surface area contributed by atoms with Gasteiger partial charge >= 0.3 is 0 Å². The van der Waals surface area contributed by atoms with Gasteiger partial charge in [-0.1, -0.05) is 0 Å². The Bertz CT molecular complexity index is 268. The predicted octanol–water partition coefficient (Wildman–Crippen LogP) is 3.52. The Morgan fingerprint density at radius 1 is 0.800 bits per heavy atom. The Hall–Kier alpha value is -0.0400. The lowest BCUT2D eigenvalue weighted by atomic mass is 9.64. The van der Waals surface area contributed by atoms with Crippen molar-refractivity contribution < 1.29 is 4.74 Å². The van der Waals surface area contributed by atoms with E-state index in [1.165, 1.54) is 51.4 Å². The molecule has 3 aliphatic carbocycles. The quantitative estimate of drug-likeness (QED) is 0.589. The maximum atomic E-state index is 6.71. The molecule has 0 amide bonds. The summed E-state index contributed by atoms with van der Waals surface area (Å²) in [7, 11) is 0. The molecule has 1 heteroatoms. The molecular formula is C14H22O. The molecule has 0 N–H and O–H groups in total. The van der Waals surface area contributed by atoms with E-state index in [9.17, 15) is 0 Å². The summed E-state index contributed by atoms with van der Waals surface area (Å²) in [6.07, 6.45) is 11.5. The van der Waals surface area contributed by atoms with Crippen LogP contribution in [-0.4, -0.2) is 11.2 Å². The van der Waals surface area contributed by atoms with Crippen LogP contribution in [0.5, 0.6) is 0 Å². The molecule has 1 nitrogen and oxygen atoms in total. The molecule has 0 unspecified atom stereocenters. The topological polar surface area (TPSA) is 9.23 Å². The first-order valence-corrected chi connectivity index (χ1v) is 6.93. The molecule has 2 aliphatic heterocycles. The second-order valence-corrected chi connectivity index (χ2v) is 6.73. The minimum atomic E-state index is 0.264. The van der Waals surface area contributed by atoms with E-state index in [1.807, 2.05) is 0 Å². The summed E-state index contributed by atoms with van der Waals surface area (Å²) in [5.41, 5.74) is 0.644. The number of hydrogen-bond acceptors (Lipinski definition) is 1. The SMILES string of the molecule is CC12CCC(CC1)C1(O2)C2CCC1CC2. The van der Waals surface area contributed by atoms with Crippen molar-refractivity contribution in [3.8, 4) is 0 Å². The van der Waals surface area contributed by atoms with E-state index in [0.29, 0.717) is 5.60 Å². The largest absolute Gasteiger partial charge is 0.368 e. The van der Waals surface area contributed by atoms with Gasteiger partial charge in [0, 0.05) is 0 Å². The summed E-state index contributed by atoms with van der Waals surface area (Å²) in [6.45, 7) is 2.38. The molecule has 0 radical (unpaired) electrons. The molecule has 2 saturated heterocycles. The molecule has 3 saturated carbocycles. The summed E-state index contributed by atoms with van der Waals surface area (Å²) in [5.74, 6) is 2.80. The first-order chi connectivity index (χ1) is 7.23. The van der Waals surface area contributed by atoms with E-state index in [0.717, 1.165) is 17.8 Å². The maximum Gasteiger partial charge on any atom is 0.0773 e. The zero-order valence-electron chi connectivity index (χ0n) is 9.80. The zero-order valence-corrected chi connectivity index (χ0v) is 9.80. The lowest BCUT2D eigenvalue weighted by molar-refractivity contribution is -0.264. The Labute approximate surface area is 92.6 Å². The monoisotopic (exact) mass is 206 g/mol. The lowest BCUT2D eigenvalue weighted by Gasteiger charge is -2.57. The highest BCUT2D eigenvalue weighted by Crippen LogP contribution is 2.65. The van der Waals surface area contributed by atoms with Gasteiger partial charge in [0.05, 0.1) is 11.2 Å². The van der Waals surface area contributed by atoms with Gasteiger partial charge in [0.25, 0.3) is 0 Å². The van der Waals surface area contributed by atoms with E-state index in [-0.39, 0.29) is 5.60 Å². The number of hydrogen-bond donors (Lipinski definition) is 0. The number of ether oxygens (including phenoxy) is 1. The average molecular weight is 206 g/mol. The highest BCUT2D eigenvalue weighted by atomic mass is 16.5. The van der Waals surface area contributed by atoms with Crippen LogP contribution in [-0.2, 0) is 4.74 Å². The summed E-state index contributed by atoms with van der Waals surface area (Å²) >= 11 is 0. The third-order valence-corrected chi connectivity index (χ3v) is 6.11. The van der Waals surface area contributed by atoms with Crippen molar-refractivity contribution in [2.75, 3.05) is 0 Å². The van der Waals surface area contributed by atoms with Crippen LogP contribution >= 0.6 is 0 Å². The third kappa shape index (κ3) is 0.945. The molecule has 15 heavy (non-hydrogen) atoms. The van der Waals surface area contributed by atoms with Gasteiger partial charge in [0.1, 0.15) is 0 Å². The van der Waals surface area contributed by atoms with E-state index >= 15 is 0 Å². The van der Waals surface area contributed by atoms with Gasteiger partial charge in [0.15, 0.2) is 0 Å². The minimum Gasteiger partial charge on any atom is -0.368 e. The van der Waals surface area contributed by atoms with Crippen LogP contribution in [0, 0.1) is 17.8 Å². The van der Waals surface area contributed by atoms with E-state index in [2.05, 4.69) is 6.92 Å². The normalized spacial score (nSPS) is 61.8. The molecule has 0 aromatic carbocycles. The van der Waals surface area contributed by atoms with Crippen molar-refractivity contribution in [1.29, 1.82) is 0 Å². The van der Waals surface area contributed by atoms with Gasteiger partial charge in [-0.2, -0.15) is 0 Å². The molecular weight excluding hydrogens is 184 g/mol. The molecule has 84 valence electrons. The molecule has 0 aromatic rings. The summed E-state index contributed by atoms with van der Waals surface area (Å²) < 4.78 is 6.71. The predicted molar refractivity (Wildman–Crippen MR) is 59.6 cm³/mol. The van der Waals surface area contributed by atoms with Crippen molar-refractivity contribution in [3.05, 3.63) is 0 Å². The van der Waals surface area contributed by atoms with Crippen molar-refractivity contribution in [3.63, 3.8) is 0 Å². The van der Waals surface area contributed by atoms with Crippen LogP contribution < -0.4 is 0 Å². The Morgan fingerprint density at radius 3 is 1.73 bits per heavy atom. The van der Waals surface area contributed by atoms with E-state index < -0.39 is 0 Å². The highest BCUT2D eigenvalue weighted by molar-refractivity contribution is 5.14. The molecule has 4 bridgehead atoms. The Balaban J connectivity index is 1.78. The molecule has 0 atom stereocenters. The maximum absolute atomic E-state index is 6.71. The fraction of sp³-hybridized carbons (Fsp3) is 1.00. The van der Waals surface area contributed by atoms with Crippen LogP contribution in [0.1, 0.15) is 58.3 Å². The summed E-state index contributed by atoms with van der Waals surface area (Å²) in [4.78, 5) is 0. The van der Waals surface area contributed by atoms with Crippen LogP contribution in [0.25, 0.3) is 0 Å². The fourth-order valence-electron chi connectivity index (χ4n) is 5.45. The van der Waals surface area contributed by atoms with Gasteiger partial charge in [-0.3, -0.25) is 0 Å². The number of fused-ring (bicyclic) bond motifs is 2. The van der Waals surface area contributed by atoms with Gasteiger partial charge in [-0.05, 0) is 76.0 Å². The van der Waals surface area contributed by atoms with Gasteiger partial charge in [-0.25, -0.2) is 0 Å². The van der Waals surface area contributed by atoms with Crippen molar-refractivity contribution in [1.82, 2.24) is 0 Å². The smallest absolute Gasteiger partial charge is 0.0773 e. The van der Waals surface area contributed by atoms with Crippen LogP contribution in [0.4, 0.5) is 0 Å². The second kappa shape index (κ2) is 2.61. The van der Waals surface area contributed by atoms with Crippen LogP contribution in [0.15, 0.2) is 0 Å². The first-order valence-electron chi connectivity index (χ1n) is 6.93. The zero-order chi connectivity index (χ0) is 10.1. The van der Waals surface area contributed by atoms with Gasteiger partial charge in [0.2, 0.25) is 0 Å². The first kappa shape index (κ1) is 9.04. The standard InChI is InChI=1S/C14H22O/c1-13-8-6-12(7-9-13)14(15-13)10-2-3-11(14)5-4-10/h10-12H,2-9H2,1H3. The van der Waals surface area contributed by atoms with Crippen molar-refractivity contribution >= 4 is 0 Å². The summed E-state index contributed by atoms with van der Waals surface area (Å²) in [6, 6.07) is 0. The van der Waals surface area contributed by atoms with Crippen molar-refractivity contribution in [2.24, 2.45) is 17.8 Å². The van der Waals surface area contributed by atoms with Crippen LogP contribution in [0.2, 0.25) is 0 Å². The molecule has 5 rings (SSSR count). The van der Waals surface area contributed by atoms with E-state index in [4.69, 9.17) is 4.74 Å². The lowest BCUT2D eigenvalue weighted by Crippen LogP contribution is -2.59. The molecule has 5 aliphatic rings. The third-order valence-electron chi connectivity index (χ3n) is 6.11. The Kier molecular flexibility index (Phi) is 1.57. The van der Waals surface area contributed by atoms with E-state index in [1.54, 1.807) is 0 Å². The molecule has 1 spiro atoms. The minimum absolute atomic E-state index is 0.264. The molecule has 2 heterocycles. The summed E-state index contributed by atoms with van der Waals surface area (Å²) in [5, 5.41) is 0.